The van der Waals surface area contributed by atoms with E-state index in [4.69, 9.17) is 25.5 Å². The molecule has 0 fully saturated rings. The van der Waals surface area contributed by atoms with Crippen molar-refractivity contribution in [3.05, 3.63) is 110 Å². The largest absolute Gasteiger partial charge is 0.493 e. The number of nitrogens with zero attached hydrogens (tertiary/aromatic N) is 4. The minimum absolute atomic E-state index is 0.163. The summed E-state index contributed by atoms with van der Waals surface area (Å²) in [4.78, 5) is 30.0. The Balaban J connectivity index is 1.38. The maximum atomic E-state index is 11.4. The number of aromatic nitrogens is 1. The van der Waals surface area contributed by atoms with Crippen LogP contribution in [0.2, 0.25) is 5.02 Å². The molecule has 11 nitrogen and oxygen atoms in total. The highest BCUT2D eigenvalue weighted by Crippen LogP contribution is 2.38. The average molecular weight is 545 g/mol. The second kappa shape index (κ2) is 10.6. The molecule has 0 atom stereocenters. The van der Waals surface area contributed by atoms with Gasteiger partial charge in [0.25, 0.3) is 5.69 Å². The third-order valence-corrected chi connectivity index (χ3v) is 5.80. The van der Waals surface area contributed by atoms with Gasteiger partial charge in [0.2, 0.25) is 11.6 Å². The number of halogens is 1. The van der Waals surface area contributed by atoms with E-state index in [-0.39, 0.29) is 17.2 Å². The molecule has 0 amide bonds. The zero-order valence-electron chi connectivity index (χ0n) is 20.1. The van der Waals surface area contributed by atoms with E-state index < -0.39 is 21.2 Å². The van der Waals surface area contributed by atoms with Crippen molar-refractivity contribution in [3.63, 3.8) is 0 Å². The highest BCUT2D eigenvalue weighted by atomic mass is 35.5. The third-order valence-electron chi connectivity index (χ3n) is 5.56. The molecule has 0 bridgehead atoms. The van der Waals surface area contributed by atoms with Crippen LogP contribution >= 0.6 is 11.6 Å². The molecule has 5 aromatic rings. The molecular formula is C27H17ClN4O7. The monoisotopic (exact) mass is 544 g/mol. The molecule has 0 N–H and O–H groups in total. The van der Waals surface area contributed by atoms with Gasteiger partial charge in [-0.1, -0.05) is 17.7 Å². The van der Waals surface area contributed by atoms with Crippen molar-refractivity contribution in [1.82, 2.24) is 4.98 Å². The molecule has 1 heterocycles. The Morgan fingerprint density at radius 1 is 0.923 bits per heavy atom. The van der Waals surface area contributed by atoms with E-state index in [2.05, 4.69) is 9.98 Å². The first-order valence-corrected chi connectivity index (χ1v) is 11.7. The smallest absolute Gasteiger partial charge is 0.318 e. The molecule has 0 saturated carbocycles. The lowest BCUT2D eigenvalue weighted by molar-refractivity contribution is -0.394. The number of fused-ring (bicyclic) bond motifs is 1. The third kappa shape index (κ3) is 5.53. The molecule has 0 radical (unpaired) electrons. The second-order valence-corrected chi connectivity index (χ2v) is 8.55. The van der Waals surface area contributed by atoms with Crippen LogP contribution in [0.15, 0.2) is 88.3 Å². The number of nitro benzene ring substituents is 2. The van der Waals surface area contributed by atoms with Gasteiger partial charge >= 0.3 is 5.69 Å². The van der Waals surface area contributed by atoms with Gasteiger partial charge in [-0.2, -0.15) is 0 Å². The zero-order chi connectivity index (χ0) is 27.5. The Bertz CT molecular complexity index is 1770. The minimum atomic E-state index is -0.750. The van der Waals surface area contributed by atoms with Crippen LogP contribution < -0.4 is 9.47 Å². The number of non-ortho nitro benzene ring substituents is 1. The van der Waals surface area contributed by atoms with Crippen molar-refractivity contribution >= 4 is 46.0 Å². The molecule has 0 spiro atoms. The Morgan fingerprint density at radius 3 is 2.51 bits per heavy atom. The van der Waals surface area contributed by atoms with Crippen LogP contribution in [0.3, 0.4) is 0 Å². The summed E-state index contributed by atoms with van der Waals surface area (Å²) in [5.41, 5.74) is 2.36. The molecule has 12 heteroatoms. The van der Waals surface area contributed by atoms with Crippen molar-refractivity contribution in [1.29, 1.82) is 0 Å². The van der Waals surface area contributed by atoms with Crippen molar-refractivity contribution in [2.75, 3.05) is 7.11 Å². The maximum Gasteiger partial charge on any atom is 0.318 e. The second-order valence-electron chi connectivity index (χ2n) is 8.12. The minimum Gasteiger partial charge on any atom is -0.493 e. The van der Waals surface area contributed by atoms with Crippen molar-refractivity contribution in [2.24, 2.45) is 4.99 Å². The van der Waals surface area contributed by atoms with Crippen LogP contribution in [-0.4, -0.2) is 28.2 Å². The van der Waals surface area contributed by atoms with Gasteiger partial charge in [0.1, 0.15) is 5.52 Å². The normalized spacial score (nSPS) is 11.1. The lowest BCUT2D eigenvalue weighted by Crippen LogP contribution is -1.97. The summed E-state index contributed by atoms with van der Waals surface area (Å²) in [6.07, 6.45) is 1.62. The fourth-order valence-corrected chi connectivity index (χ4v) is 3.87. The first-order chi connectivity index (χ1) is 18.8. The molecule has 1 aromatic heterocycles. The molecular weight excluding hydrogens is 528 g/mol. The highest BCUT2D eigenvalue weighted by molar-refractivity contribution is 6.31. The van der Waals surface area contributed by atoms with Gasteiger partial charge in [0.05, 0.1) is 28.7 Å². The molecule has 0 saturated heterocycles. The fraction of sp³-hybridized carbons (Fsp3) is 0.0370. The van der Waals surface area contributed by atoms with E-state index in [0.29, 0.717) is 33.3 Å². The Hall–Kier alpha value is -5.29. The molecule has 0 unspecified atom stereocenters. The quantitative estimate of drug-likeness (QED) is 0.111. The summed E-state index contributed by atoms with van der Waals surface area (Å²) in [6.45, 7) is 0. The van der Waals surface area contributed by atoms with Crippen molar-refractivity contribution in [2.45, 2.75) is 0 Å². The molecule has 39 heavy (non-hydrogen) atoms. The summed E-state index contributed by atoms with van der Waals surface area (Å²) in [5, 5.41) is 23.0. The summed E-state index contributed by atoms with van der Waals surface area (Å²) in [7, 11) is 1.42. The van der Waals surface area contributed by atoms with Gasteiger partial charge in [-0.3, -0.25) is 25.2 Å². The Labute approximate surface area is 225 Å². The van der Waals surface area contributed by atoms with Gasteiger partial charge in [-0.05, 0) is 66.2 Å². The highest BCUT2D eigenvalue weighted by Gasteiger charge is 2.22. The van der Waals surface area contributed by atoms with E-state index in [1.54, 1.807) is 42.6 Å². The number of aliphatic imine (C=N–C) groups is 1. The molecule has 0 aliphatic carbocycles. The van der Waals surface area contributed by atoms with Crippen LogP contribution in [0.4, 0.5) is 17.1 Å². The number of nitro groups is 2. The predicted molar refractivity (Wildman–Crippen MR) is 145 cm³/mol. The van der Waals surface area contributed by atoms with Gasteiger partial charge in [0.15, 0.2) is 17.1 Å². The molecule has 0 aliphatic rings. The van der Waals surface area contributed by atoms with E-state index in [0.717, 1.165) is 17.7 Å². The number of rotatable bonds is 8. The topological polar surface area (TPSA) is 143 Å². The van der Waals surface area contributed by atoms with Gasteiger partial charge < -0.3 is 13.9 Å². The predicted octanol–water partition coefficient (Wildman–Crippen LogP) is 7.52. The van der Waals surface area contributed by atoms with E-state index in [1.165, 1.54) is 13.2 Å². The molecule has 4 aromatic carbocycles. The number of oxazole rings is 1. The first-order valence-electron chi connectivity index (χ1n) is 11.3. The molecule has 194 valence electrons. The number of hydrogen-bond acceptors (Lipinski definition) is 9. The maximum absolute atomic E-state index is 11.4. The lowest BCUT2D eigenvalue weighted by atomic mass is 10.2. The molecule has 0 aliphatic heterocycles. The lowest BCUT2D eigenvalue weighted by Gasteiger charge is -2.11. The Morgan fingerprint density at radius 2 is 1.74 bits per heavy atom. The zero-order valence-corrected chi connectivity index (χ0v) is 20.9. The summed E-state index contributed by atoms with van der Waals surface area (Å²) < 4.78 is 16.9. The van der Waals surface area contributed by atoms with Gasteiger partial charge in [-0.15, -0.1) is 0 Å². The number of ether oxygens (including phenoxy) is 2. The van der Waals surface area contributed by atoms with Crippen LogP contribution in [0, 0.1) is 20.2 Å². The van der Waals surface area contributed by atoms with Gasteiger partial charge in [0, 0.05) is 22.9 Å². The summed E-state index contributed by atoms with van der Waals surface area (Å²) >= 11 is 6.04. The number of methoxy groups -OCH3 is 1. The van der Waals surface area contributed by atoms with E-state index in [9.17, 15) is 20.2 Å². The number of hydrogen-bond donors (Lipinski definition) is 0. The van der Waals surface area contributed by atoms with E-state index >= 15 is 0 Å². The van der Waals surface area contributed by atoms with Crippen LogP contribution in [0.1, 0.15) is 5.56 Å². The van der Waals surface area contributed by atoms with Crippen LogP contribution in [-0.2, 0) is 0 Å². The standard InChI is InChI=1S/C27H17ClN4O7/c1-37-26-11-16(5-8-25(26)38-24-10-7-20(31(33)34)14-22(24)32(35)36)15-29-19-4-2-3-17(12-19)27-30-21-13-18(28)6-9-23(21)39-27/h2-15H,1H3. The fourth-order valence-electron chi connectivity index (χ4n) is 3.71. The Kier molecular flexibility index (Phi) is 6.89. The van der Waals surface area contributed by atoms with E-state index in [1.807, 2.05) is 24.3 Å². The van der Waals surface area contributed by atoms with Crippen LogP contribution in [0.25, 0.3) is 22.6 Å². The average Bonchev–Trinajstić information content (AvgIpc) is 3.36. The summed E-state index contributed by atoms with van der Waals surface area (Å²) in [6, 6.07) is 20.6. The first kappa shape index (κ1) is 25.4. The van der Waals surface area contributed by atoms with Crippen molar-refractivity contribution < 1.29 is 23.7 Å². The van der Waals surface area contributed by atoms with Crippen molar-refractivity contribution in [3.8, 4) is 28.7 Å². The summed E-state index contributed by atoms with van der Waals surface area (Å²) in [5.74, 6) is 0.742. The van der Waals surface area contributed by atoms with Crippen LogP contribution in [0.5, 0.6) is 17.2 Å². The molecule has 5 rings (SSSR count). The SMILES string of the molecule is COc1cc(C=Nc2cccc(-c3nc4cc(Cl)ccc4o3)c2)ccc1Oc1ccc([N+](=O)[O-])cc1[N+](=O)[O-]. The van der Waals surface area contributed by atoms with Gasteiger partial charge in [-0.25, -0.2) is 4.98 Å². The number of benzene rings is 4.